The van der Waals surface area contributed by atoms with Crippen molar-refractivity contribution in [3.05, 3.63) is 23.9 Å². The maximum absolute atomic E-state index is 9.10. The summed E-state index contributed by atoms with van der Waals surface area (Å²) in [5, 5.41) is 14.8. The van der Waals surface area contributed by atoms with Crippen molar-refractivity contribution in [3.63, 3.8) is 0 Å². The molecule has 0 fully saturated rings. The number of allylic oxidation sites excluding steroid dienone is 2. The van der Waals surface area contributed by atoms with E-state index in [9.17, 15) is 0 Å². The third-order valence-electron chi connectivity index (χ3n) is 3.28. The lowest BCUT2D eigenvalue weighted by Gasteiger charge is -2.22. The minimum Gasteiger partial charge on any atom is -0.475 e. The van der Waals surface area contributed by atoms with Crippen molar-refractivity contribution in [3.8, 4) is 5.88 Å². The van der Waals surface area contributed by atoms with Gasteiger partial charge in [-0.05, 0) is 38.8 Å². The van der Waals surface area contributed by atoms with Crippen LogP contribution in [-0.2, 0) is 9.59 Å². The molecule has 0 aromatic carbocycles. The predicted octanol–water partition coefficient (Wildman–Crippen LogP) is 2.15. The summed E-state index contributed by atoms with van der Waals surface area (Å²) in [5.74, 6) is -2.95. The van der Waals surface area contributed by atoms with Gasteiger partial charge in [-0.3, -0.25) is 0 Å². The van der Waals surface area contributed by atoms with Crippen LogP contribution in [0.2, 0.25) is 0 Å². The largest absolute Gasteiger partial charge is 0.475 e. The van der Waals surface area contributed by atoms with E-state index in [0.717, 1.165) is 38.0 Å². The molecule has 0 radical (unpaired) electrons. The van der Waals surface area contributed by atoms with Gasteiger partial charge in [-0.1, -0.05) is 18.2 Å². The van der Waals surface area contributed by atoms with E-state index in [0.29, 0.717) is 12.5 Å². The summed E-state index contributed by atoms with van der Waals surface area (Å²) < 4.78 is 14.4. The van der Waals surface area contributed by atoms with Gasteiger partial charge in [0.15, 0.2) is 0 Å². The van der Waals surface area contributed by atoms with Crippen molar-refractivity contribution in [1.29, 1.82) is 0 Å². The SMILES string of the molecule is C/C=C/CCCOc1nsnc1C1=CCCN(C)C1.O=C(O)C(=O)O. The first-order chi connectivity index (χ1) is 12.0. The average molecular weight is 369 g/mol. The molecule has 2 rings (SSSR count). The number of likely N-dealkylation sites (N-methyl/N-ethyl adjacent to an activating group) is 1. The Bertz CT molecular complexity index is 615. The van der Waals surface area contributed by atoms with E-state index in [1.54, 1.807) is 0 Å². The highest BCUT2D eigenvalue weighted by Crippen LogP contribution is 2.26. The molecule has 0 bridgehead atoms. The number of carbonyl (C=O) groups is 2. The molecule has 138 valence electrons. The van der Waals surface area contributed by atoms with Crippen LogP contribution in [0.3, 0.4) is 0 Å². The molecule has 25 heavy (non-hydrogen) atoms. The molecular formula is C16H23N3O5S. The highest BCUT2D eigenvalue weighted by molar-refractivity contribution is 6.99. The summed E-state index contributed by atoms with van der Waals surface area (Å²) in [7, 11) is 2.13. The summed E-state index contributed by atoms with van der Waals surface area (Å²) in [6.07, 6.45) is 9.61. The molecule has 2 N–H and O–H groups in total. The molecule has 1 aromatic heterocycles. The van der Waals surface area contributed by atoms with E-state index in [-0.39, 0.29) is 0 Å². The van der Waals surface area contributed by atoms with Gasteiger partial charge < -0.3 is 19.8 Å². The molecule has 0 atom stereocenters. The molecule has 0 spiro atoms. The lowest BCUT2D eigenvalue weighted by molar-refractivity contribution is -0.159. The van der Waals surface area contributed by atoms with Gasteiger partial charge in [-0.2, -0.15) is 4.37 Å². The molecule has 9 heteroatoms. The van der Waals surface area contributed by atoms with E-state index in [1.165, 1.54) is 17.3 Å². The molecule has 1 aliphatic rings. The van der Waals surface area contributed by atoms with Crippen molar-refractivity contribution in [2.45, 2.75) is 26.2 Å². The van der Waals surface area contributed by atoms with Gasteiger partial charge in [0.1, 0.15) is 5.69 Å². The number of carboxylic acid groups (broad SMARTS) is 2. The second-order valence-electron chi connectivity index (χ2n) is 5.34. The van der Waals surface area contributed by atoms with E-state index in [2.05, 4.69) is 38.9 Å². The Morgan fingerprint density at radius 3 is 2.68 bits per heavy atom. The van der Waals surface area contributed by atoms with Gasteiger partial charge >= 0.3 is 11.9 Å². The molecule has 0 saturated heterocycles. The third-order valence-corrected chi connectivity index (χ3v) is 3.79. The highest BCUT2D eigenvalue weighted by Gasteiger charge is 2.18. The summed E-state index contributed by atoms with van der Waals surface area (Å²) >= 11 is 1.23. The van der Waals surface area contributed by atoms with E-state index >= 15 is 0 Å². The second kappa shape index (κ2) is 11.3. The Morgan fingerprint density at radius 1 is 1.36 bits per heavy atom. The van der Waals surface area contributed by atoms with Crippen LogP contribution >= 0.6 is 11.7 Å². The second-order valence-corrected chi connectivity index (χ2v) is 5.87. The van der Waals surface area contributed by atoms with E-state index < -0.39 is 11.9 Å². The molecule has 1 aliphatic heterocycles. The Labute approximate surface area is 150 Å². The third kappa shape index (κ3) is 7.90. The van der Waals surface area contributed by atoms with Crippen LogP contribution in [0.5, 0.6) is 5.88 Å². The zero-order valence-electron chi connectivity index (χ0n) is 14.3. The lowest BCUT2D eigenvalue weighted by atomic mass is 10.1. The van der Waals surface area contributed by atoms with Crippen LogP contribution in [0.25, 0.3) is 5.57 Å². The number of ether oxygens (including phenoxy) is 1. The number of unbranched alkanes of at least 4 members (excludes halogenated alkanes) is 1. The maximum atomic E-state index is 9.10. The quantitative estimate of drug-likeness (QED) is 0.445. The highest BCUT2D eigenvalue weighted by atomic mass is 32.1. The lowest BCUT2D eigenvalue weighted by Crippen LogP contribution is -2.25. The molecule has 8 nitrogen and oxygen atoms in total. The minimum atomic E-state index is -1.82. The number of rotatable bonds is 6. The molecule has 0 aliphatic carbocycles. The number of aliphatic carboxylic acids is 2. The van der Waals surface area contributed by atoms with Crippen molar-refractivity contribution in [2.75, 3.05) is 26.7 Å². The number of nitrogens with zero attached hydrogens (tertiary/aromatic N) is 3. The van der Waals surface area contributed by atoms with E-state index in [4.69, 9.17) is 24.5 Å². The van der Waals surface area contributed by atoms with Crippen LogP contribution in [-0.4, -0.2) is 62.5 Å². The number of hydrogen-bond acceptors (Lipinski definition) is 7. The smallest absolute Gasteiger partial charge is 0.414 e. The zero-order valence-corrected chi connectivity index (χ0v) is 15.2. The van der Waals surface area contributed by atoms with Gasteiger partial charge in [0, 0.05) is 13.1 Å². The van der Waals surface area contributed by atoms with Gasteiger partial charge in [-0.15, -0.1) is 4.37 Å². The van der Waals surface area contributed by atoms with Gasteiger partial charge in [0.05, 0.1) is 18.3 Å². The van der Waals surface area contributed by atoms with E-state index in [1.807, 2.05) is 6.92 Å². The molecular weight excluding hydrogens is 346 g/mol. The van der Waals surface area contributed by atoms with Gasteiger partial charge in [0.2, 0.25) is 0 Å². The Balaban J connectivity index is 0.000000450. The summed E-state index contributed by atoms with van der Waals surface area (Å²) in [5.41, 5.74) is 2.17. The number of aromatic nitrogens is 2. The number of hydrogen-bond donors (Lipinski definition) is 2. The van der Waals surface area contributed by atoms with Crippen molar-refractivity contribution >= 4 is 29.2 Å². The van der Waals surface area contributed by atoms with Crippen LogP contribution in [0, 0.1) is 0 Å². The first kappa shape index (κ1) is 20.8. The van der Waals surface area contributed by atoms with Crippen LogP contribution < -0.4 is 4.74 Å². The minimum absolute atomic E-state index is 0.700. The summed E-state index contributed by atoms with van der Waals surface area (Å²) in [6.45, 7) is 4.78. The fraction of sp³-hybridized carbons (Fsp3) is 0.500. The van der Waals surface area contributed by atoms with Gasteiger partial charge in [-0.25, -0.2) is 9.59 Å². The molecule has 1 aromatic rings. The normalized spacial score (nSPS) is 14.6. The number of carboxylic acids is 2. The van der Waals surface area contributed by atoms with Crippen molar-refractivity contribution < 1.29 is 24.5 Å². The first-order valence-electron chi connectivity index (χ1n) is 7.86. The summed E-state index contributed by atoms with van der Waals surface area (Å²) in [4.78, 5) is 20.5. The predicted molar refractivity (Wildman–Crippen MR) is 94.8 cm³/mol. The Morgan fingerprint density at radius 2 is 2.08 bits per heavy atom. The maximum Gasteiger partial charge on any atom is 0.414 e. The molecule has 0 amide bonds. The molecule has 0 saturated carbocycles. The molecule has 0 unspecified atom stereocenters. The first-order valence-corrected chi connectivity index (χ1v) is 8.59. The topological polar surface area (TPSA) is 113 Å². The average Bonchev–Trinajstić information content (AvgIpc) is 3.03. The van der Waals surface area contributed by atoms with Crippen molar-refractivity contribution in [1.82, 2.24) is 13.6 Å². The molecule has 2 heterocycles. The van der Waals surface area contributed by atoms with Gasteiger partial charge in [0.25, 0.3) is 5.88 Å². The fourth-order valence-corrected chi connectivity index (χ4v) is 2.60. The fourth-order valence-electron chi connectivity index (χ4n) is 2.07. The monoisotopic (exact) mass is 369 g/mol. The Hall–Kier alpha value is -2.26. The van der Waals surface area contributed by atoms with Crippen LogP contribution in [0.15, 0.2) is 18.2 Å². The zero-order chi connectivity index (χ0) is 18.7. The van der Waals surface area contributed by atoms with Crippen LogP contribution in [0.4, 0.5) is 0 Å². The standard InChI is InChI=1S/C14H21N3OS.C2H2O4/c1-3-4-5-6-10-18-14-13(15-19-16-14)12-8-7-9-17(2)11-12;3-1(4)2(5)6/h3-4,8H,5-7,9-11H2,1-2H3;(H,3,4)(H,5,6)/b4-3+;. The summed E-state index contributed by atoms with van der Waals surface area (Å²) in [6, 6.07) is 0. The Kier molecular flexibility index (Phi) is 9.41. The van der Waals surface area contributed by atoms with Crippen LogP contribution in [0.1, 0.15) is 31.9 Å². The van der Waals surface area contributed by atoms with Crippen molar-refractivity contribution in [2.24, 2.45) is 0 Å².